The topological polar surface area (TPSA) is 81.5 Å². The monoisotopic (exact) mass is 278 g/mol. The van der Waals surface area contributed by atoms with Crippen LogP contribution in [-0.2, 0) is 9.53 Å². The fraction of sp³-hybridized carbons (Fsp3) is 0.214. The zero-order valence-corrected chi connectivity index (χ0v) is 11.4. The van der Waals surface area contributed by atoms with Gasteiger partial charge in [0.05, 0.1) is 18.1 Å². The highest BCUT2D eigenvalue weighted by Gasteiger charge is 2.05. The van der Waals surface area contributed by atoms with Gasteiger partial charge >= 0.3 is 0 Å². The molecule has 0 heterocycles. The third-order valence-corrected chi connectivity index (χ3v) is 1.85. The molecule has 0 fully saturated rings. The molecule has 0 aliphatic carbocycles. The largest absolute Gasteiger partial charge is 0.373 e. The smallest absolute Gasteiger partial charge is 0.271 e. The van der Waals surface area contributed by atoms with Gasteiger partial charge in [-0.3, -0.25) is 14.9 Å². The second kappa shape index (κ2) is 10.5. The van der Waals surface area contributed by atoms with Crippen LogP contribution in [0.25, 0.3) is 0 Å². The van der Waals surface area contributed by atoms with Crippen LogP contribution in [0, 0.1) is 10.1 Å². The van der Waals surface area contributed by atoms with E-state index in [1.54, 1.807) is 18.2 Å². The summed E-state index contributed by atoms with van der Waals surface area (Å²) in [6.45, 7) is 9.53. The number of anilines is 1. The number of nitro benzene ring substituents is 1. The Balaban J connectivity index is 0.000000441. The summed E-state index contributed by atoms with van der Waals surface area (Å²) >= 11 is 0. The van der Waals surface area contributed by atoms with E-state index in [1.165, 1.54) is 25.1 Å². The Kier molecular flexibility index (Phi) is 9.16. The van der Waals surface area contributed by atoms with E-state index in [-0.39, 0.29) is 11.6 Å². The molecule has 0 aliphatic rings. The van der Waals surface area contributed by atoms with Crippen molar-refractivity contribution in [2.24, 2.45) is 0 Å². The van der Waals surface area contributed by atoms with Crippen molar-refractivity contribution in [3.63, 3.8) is 0 Å². The van der Waals surface area contributed by atoms with Gasteiger partial charge in [-0.2, -0.15) is 0 Å². The molecule has 0 aromatic heterocycles. The van der Waals surface area contributed by atoms with Crippen LogP contribution in [0.2, 0.25) is 0 Å². The average molecular weight is 278 g/mol. The highest BCUT2D eigenvalue weighted by Crippen LogP contribution is 2.16. The highest BCUT2D eigenvalue weighted by atomic mass is 16.6. The van der Waals surface area contributed by atoms with Gasteiger partial charge < -0.3 is 10.1 Å². The maximum absolute atomic E-state index is 10.6. The second-order valence-electron chi connectivity index (χ2n) is 3.60. The minimum Gasteiger partial charge on any atom is -0.373 e. The number of benzene rings is 1. The van der Waals surface area contributed by atoms with E-state index in [0.29, 0.717) is 18.9 Å². The zero-order chi connectivity index (χ0) is 15.4. The van der Waals surface area contributed by atoms with E-state index in [2.05, 4.69) is 18.5 Å². The van der Waals surface area contributed by atoms with Crippen LogP contribution in [-0.4, -0.2) is 24.0 Å². The molecule has 6 nitrogen and oxygen atoms in total. The molecule has 0 aliphatic heterocycles. The van der Waals surface area contributed by atoms with Crippen LogP contribution in [0.15, 0.2) is 49.6 Å². The fourth-order valence-corrected chi connectivity index (χ4v) is 1.14. The first-order valence-electron chi connectivity index (χ1n) is 5.82. The Morgan fingerprint density at radius 1 is 1.40 bits per heavy atom. The van der Waals surface area contributed by atoms with Gasteiger partial charge in [-0.25, -0.2) is 0 Å². The summed E-state index contributed by atoms with van der Waals surface area (Å²) in [4.78, 5) is 20.4. The number of ether oxygens (including phenoxy) is 1. The molecule has 0 bridgehead atoms. The number of hydrogen-bond donors (Lipinski definition) is 1. The lowest BCUT2D eigenvalue weighted by molar-refractivity contribution is -0.384. The third-order valence-electron chi connectivity index (χ3n) is 1.85. The molecule has 6 heteroatoms. The van der Waals surface area contributed by atoms with Crippen LogP contribution in [0.5, 0.6) is 0 Å². The fourth-order valence-electron chi connectivity index (χ4n) is 1.14. The Morgan fingerprint density at radius 2 is 2.00 bits per heavy atom. The van der Waals surface area contributed by atoms with Crippen molar-refractivity contribution in [1.82, 2.24) is 0 Å². The molecule has 0 spiro atoms. The van der Waals surface area contributed by atoms with Crippen LogP contribution in [0.4, 0.5) is 11.4 Å². The SMILES string of the molecule is C=CCOCC=C.CC(=O)Nc1cccc([N+](=O)[O-])c1. The van der Waals surface area contributed by atoms with Crippen LogP contribution < -0.4 is 5.32 Å². The van der Waals surface area contributed by atoms with Crippen molar-refractivity contribution in [3.05, 3.63) is 59.7 Å². The number of carbonyl (C=O) groups excluding carboxylic acids is 1. The molecule has 0 radical (unpaired) electrons. The number of non-ortho nitro benzene ring substituents is 1. The molecule has 1 aromatic carbocycles. The van der Waals surface area contributed by atoms with E-state index in [9.17, 15) is 14.9 Å². The lowest BCUT2D eigenvalue weighted by atomic mass is 10.3. The molecular formula is C14H18N2O4. The molecule has 20 heavy (non-hydrogen) atoms. The molecule has 1 N–H and O–H groups in total. The summed E-state index contributed by atoms with van der Waals surface area (Å²) in [5, 5.41) is 12.8. The number of carbonyl (C=O) groups is 1. The minimum absolute atomic E-state index is 0.0359. The molecule has 1 aromatic rings. The standard InChI is InChI=1S/C8H8N2O3.C6H10O/c1-6(11)9-7-3-2-4-8(5-7)10(12)13;1-3-5-7-6-4-2/h2-5H,1H3,(H,9,11);3-4H,1-2,5-6H2. The van der Waals surface area contributed by atoms with Crippen molar-refractivity contribution in [2.45, 2.75) is 6.92 Å². The van der Waals surface area contributed by atoms with E-state index < -0.39 is 4.92 Å². The summed E-state index contributed by atoms with van der Waals surface area (Å²) in [7, 11) is 0. The van der Waals surface area contributed by atoms with Crippen LogP contribution in [0.3, 0.4) is 0 Å². The van der Waals surface area contributed by atoms with Gasteiger partial charge in [0.25, 0.3) is 5.69 Å². The second-order valence-corrected chi connectivity index (χ2v) is 3.60. The number of rotatable bonds is 6. The number of hydrogen-bond acceptors (Lipinski definition) is 4. The Morgan fingerprint density at radius 3 is 2.45 bits per heavy atom. The van der Waals surface area contributed by atoms with Crippen LogP contribution in [0.1, 0.15) is 6.92 Å². The molecular weight excluding hydrogens is 260 g/mol. The van der Waals surface area contributed by atoms with Crippen molar-refractivity contribution in [3.8, 4) is 0 Å². The molecule has 0 saturated carbocycles. The summed E-state index contributed by atoms with van der Waals surface area (Å²) in [5.74, 6) is -0.250. The van der Waals surface area contributed by atoms with Crippen molar-refractivity contribution in [1.29, 1.82) is 0 Å². The maximum atomic E-state index is 10.6. The Bertz CT molecular complexity index is 464. The quantitative estimate of drug-likeness (QED) is 0.375. The number of nitrogens with one attached hydrogen (secondary N) is 1. The Labute approximate surface area is 117 Å². The van der Waals surface area contributed by atoms with E-state index in [0.717, 1.165) is 0 Å². The first kappa shape index (κ1) is 17.5. The van der Waals surface area contributed by atoms with Gasteiger partial charge in [-0.1, -0.05) is 18.2 Å². The summed E-state index contributed by atoms with van der Waals surface area (Å²) in [6.07, 6.45) is 3.42. The number of nitrogens with zero attached hydrogens (tertiary/aromatic N) is 1. The molecule has 0 unspecified atom stereocenters. The van der Waals surface area contributed by atoms with Gasteiger partial charge in [0.15, 0.2) is 0 Å². The van der Waals surface area contributed by atoms with Crippen molar-refractivity contribution < 1.29 is 14.5 Å². The number of nitro groups is 1. The van der Waals surface area contributed by atoms with Gasteiger partial charge in [0.1, 0.15) is 0 Å². The summed E-state index contributed by atoms with van der Waals surface area (Å²) < 4.78 is 4.90. The van der Waals surface area contributed by atoms with Gasteiger partial charge in [-0.05, 0) is 6.07 Å². The Hall–Kier alpha value is -2.47. The average Bonchev–Trinajstić information content (AvgIpc) is 2.39. The highest BCUT2D eigenvalue weighted by molar-refractivity contribution is 5.88. The zero-order valence-electron chi connectivity index (χ0n) is 11.4. The van der Waals surface area contributed by atoms with Gasteiger partial charge in [-0.15, -0.1) is 13.2 Å². The molecule has 1 amide bonds. The molecule has 0 atom stereocenters. The molecule has 108 valence electrons. The molecule has 1 rings (SSSR count). The summed E-state index contributed by atoms with van der Waals surface area (Å²) in [6, 6.07) is 5.78. The predicted octanol–water partition coefficient (Wildman–Crippen LogP) is 2.93. The maximum Gasteiger partial charge on any atom is 0.271 e. The normalized spacial score (nSPS) is 8.85. The van der Waals surface area contributed by atoms with Gasteiger partial charge in [0, 0.05) is 24.7 Å². The lowest BCUT2D eigenvalue weighted by Crippen LogP contribution is -2.05. The minimum atomic E-state index is -0.509. The summed E-state index contributed by atoms with van der Waals surface area (Å²) in [5.41, 5.74) is 0.396. The predicted molar refractivity (Wildman–Crippen MR) is 78.6 cm³/mol. The number of amides is 1. The van der Waals surface area contributed by atoms with Crippen molar-refractivity contribution in [2.75, 3.05) is 18.5 Å². The van der Waals surface area contributed by atoms with Gasteiger partial charge in [0.2, 0.25) is 5.91 Å². The molecule has 0 saturated heterocycles. The third kappa shape index (κ3) is 8.60. The van der Waals surface area contributed by atoms with E-state index in [4.69, 9.17) is 4.74 Å². The van der Waals surface area contributed by atoms with E-state index in [1.807, 2.05) is 0 Å². The van der Waals surface area contributed by atoms with Crippen LogP contribution >= 0.6 is 0 Å². The first-order chi connectivity index (χ1) is 9.51. The lowest BCUT2D eigenvalue weighted by Gasteiger charge is -1.99. The first-order valence-corrected chi connectivity index (χ1v) is 5.82. The van der Waals surface area contributed by atoms with Crippen molar-refractivity contribution >= 4 is 17.3 Å². The van der Waals surface area contributed by atoms with E-state index >= 15 is 0 Å².